The summed E-state index contributed by atoms with van der Waals surface area (Å²) in [5, 5.41) is 12.0. The van der Waals surface area contributed by atoms with Crippen LogP contribution in [-0.4, -0.2) is 36.4 Å². The number of nitrogens with one attached hydrogen (secondary N) is 1. The molecule has 0 aliphatic heterocycles. The van der Waals surface area contributed by atoms with Gasteiger partial charge in [0, 0.05) is 35.4 Å². The zero-order chi connectivity index (χ0) is 24.7. The van der Waals surface area contributed by atoms with Crippen molar-refractivity contribution in [3.63, 3.8) is 0 Å². The van der Waals surface area contributed by atoms with Gasteiger partial charge in [0.05, 0.1) is 11.9 Å². The molecular weight excluding hydrogens is 479 g/mol. The molecule has 0 unspecified atom stereocenters. The highest BCUT2D eigenvalue weighted by Gasteiger charge is 2.17. The molecule has 0 atom stereocenters. The van der Waals surface area contributed by atoms with Gasteiger partial charge in [0.2, 0.25) is 11.8 Å². The van der Waals surface area contributed by atoms with Crippen LogP contribution in [0, 0.1) is 5.82 Å². The molecule has 178 valence electrons. The van der Waals surface area contributed by atoms with Crippen LogP contribution < -0.4 is 10.1 Å². The number of anilines is 1. The van der Waals surface area contributed by atoms with E-state index in [1.165, 1.54) is 36.3 Å². The highest BCUT2D eigenvalue weighted by molar-refractivity contribution is 7.99. The Kier molecular flexibility index (Phi) is 6.95. The van der Waals surface area contributed by atoms with E-state index in [2.05, 4.69) is 25.5 Å². The molecule has 0 fully saturated rings. The van der Waals surface area contributed by atoms with Gasteiger partial charge in [0.15, 0.2) is 11.0 Å². The lowest BCUT2D eigenvalue weighted by molar-refractivity contribution is -0.113. The summed E-state index contributed by atoms with van der Waals surface area (Å²) in [4.78, 5) is 20.8. The topological polar surface area (TPSA) is 94.8 Å². The molecule has 1 amide bonds. The zero-order valence-corrected chi connectivity index (χ0v) is 19.6. The van der Waals surface area contributed by atoms with Gasteiger partial charge in [0.25, 0.3) is 0 Å². The number of thioether (sulfide) groups is 1. The second-order valence-electron chi connectivity index (χ2n) is 7.49. The molecular formula is C26H19FN6O2S. The van der Waals surface area contributed by atoms with Crippen molar-refractivity contribution >= 4 is 23.4 Å². The summed E-state index contributed by atoms with van der Waals surface area (Å²) < 4.78 is 21.0. The Morgan fingerprint density at radius 3 is 2.58 bits per heavy atom. The fourth-order valence-electron chi connectivity index (χ4n) is 3.38. The van der Waals surface area contributed by atoms with Crippen molar-refractivity contribution in [3.8, 4) is 28.7 Å². The minimum absolute atomic E-state index is 0.101. The van der Waals surface area contributed by atoms with Crippen molar-refractivity contribution in [1.29, 1.82) is 0 Å². The van der Waals surface area contributed by atoms with Crippen LogP contribution in [-0.2, 0) is 4.79 Å². The van der Waals surface area contributed by atoms with Crippen molar-refractivity contribution in [2.45, 2.75) is 5.16 Å². The van der Waals surface area contributed by atoms with Crippen molar-refractivity contribution in [1.82, 2.24) is 24.7 Å². The van der Waals surface area contributed by atoms with Crippen LogP contribution in [0.1, 0.15) is 0 Å². The predicted molar refractivity (Wildman–Crippen MR) is 135 cm³/mol. The van der Waals surface area contributed by atoms with E-state index < -0.39 is 0 Å². The first-order valence-corrected chi connectivity index (χ1v) is 11.9. The van der Waals surface area contributed by atoms with E-state index in [1.54, 1.807) is 42.6 Å². The summed E-state index contributed by atoms with van der Waals surface area (Å²) >= 11 is 1.25. The van der Waals surface area contributed by atoms with Gasteiger partial charge in [-0.05, 0) is 48.5 Å². The lowest BCUT2D eigenvalue weighted by Gasteiger charge is -2.11. The molecule has 3 aromatic carbocycles. The SMILES string of the molecule is O=C(CSc1nnc(-c2ccc(F)cc2)n1-c1ccccc1)Nc1cccc(Oc2cnccn2)c1. The van der Waals surface area contributed by atoms with Gasteiger partial charge in [0.1, 0.15) is 11.6 Å². The number of para-hydroxylation sites is 1. The Bertz CT molecular complexity index is 1460. The Morgan fingerprint density at radius 1 is 0.972 bits per heavy atom. The van der Waals surface area contributed by atoms with Crippen LogP contribution in [0.15, 0.2) is 103 Å². The molecule has 1 N–H and O–H groups in total. The van der Waals surface area contributed by atoms with Crippen LogP contribution in [0.25, 0.3) is 17.1 Å². The Morgan fingerprint density at radius 2 is 1.81 bits per heavy atom. The van der Waals surface area contributed by atoms with E-state index in [1.807, 2.05) is 34.9 Å². The van der Waals surface area contributed by atoms with Crippen LogP contribution in [0.2, 0.25) is 0 Å². The first-order chi connectivity index (χ1) is 17.7. The first-order valence-electron chi connectivity index (χ1n) is 10.9. The van der Waals surface area contributed by atoms with Crippen LogP contribution in [0.5, 0.6) is 11.6 Å². The lowest BCUT2D eigenvalue weighted by Crippen LogP contribution is -2.14. The van der Waals surface area contributed by atoms with Crippen molar-refractivity contribution in [2.75, 3.05) is 11.1 Å². The van der Waals surface area contributed by atoms with Gasteiger partial charge in [-0.15, -0.1) is 10.2 Å². The highest BCUT2D eigenvalue weighted by atomic mass is 32.2. The zero-order valence-electron chi connectivity index (χ0n) is 18.8. The average molecular weight is 499 g/mol. The van der Waals surface area contributed by atoms with E-state index in [4.69, 9.17) is 4.74 Å². The molecule has 10 heteroatoms. The third-order valence-electron chi connectivity index (χ3n) is 4.96. The van der Waals surface area contributed by atoms with Gasteiger partial charge >= 0.3 is 0 Å². The maximum Gasteiger partial charge on any atom is 0.237 e. The van der Waals surface area contributed by atoms with Gasteiger partial charge in [-0.25, -0.2) is 9.37 Å². The van der Waals surface area contributed by atoms with E-state index in [9.17, 15) is 9.18 Å². The lowest BCUT2D eigenvalue weighted by atomic mass is 10.2. The Hall–Kier alpha value is -4.57. The van der Waals surface area contributed by atoms with Gasteiger partial charge in [-0.1, -0.05) is 36.0 Å². The summed E-state index contributed by atoms with van der Waals surface area (Å²) in [7, 11) is 0. The van der Waals surface area contributed by atoms with Gasteiger partial charge in [-0.2, -0.15) is 0 Å². The van der Waals surface area contributed by atoms with E-state index in [0.717, 1.165) is 5.69 Å². The molecule has 0 saturated heterocycles. The molecule has 0 aliphatic rings. The molecule has 2 aromatic heterocycles. The number of ether oxygens (including phenoxy) is 1. The summed E-state index contributed by atoms with van der Waals surface area (Å²) in [6, 6.07) is 22.6. The highest BCUT2D eigenvalue weighted by Crippen LogP contribution is 2.28. The minimum atomic E-state index is -0.332. The second-order valence-corrected chi connectivity index (χ2v) is 8.44. The number of nitrogens with zero attached hydrogens (tertiary/aromatic N) is 5. The fraction of sp³-hybridized carbons (Fsp3) is 0.0385. The normalized spacial score (nSPS) is 10.7. The summed E-state index contributed by atoms with van der Waals surface area (Å²) in [6.45, 7) is 0. The third-order valence-corrected chi connectivity index (χ3v) is 5.89. The summed E-state index contributed by atoms with van der Waals surface area (Å²) in [6.07, 6.45) is 4.60. The molecule has 0 saturated carbocycles. The number of carbonyl (C=O) groups is 1. The summed E-state index contributed by atoms with van der Waals surface area (Å²) in [5.41, 5.74) is 2.13. The number of hydrogen-bond acceptors (Lipinski definition) is 7. The number of halogens is 1. The predicted octanol–water partition coefficient (Wildman–Crippen LogP) is 5.39. The minimum Gasteiger partial charge on any atom is -0.437 e. The molecule has 0 spiro atoms. The third kappa shape index (κ3) is 5.56. The number of aromatic nitrogens is 5. The molecule has 36 heavy (non-hydrogen) atoms. The Labute approximate surface area is 210 Å². The maximum absolute atomic E-state index is 13.4. The maximum atomic E-state index is 13.4. The molecule has 0 bridgehead atoms. The second kappa shape index (κ2) is 10.8. The summed E-state index contributed by atoms with van der Waals surface area (Å²) in [5.74, 6) is 0.980. The molecule has 5 aromatic rings. The standard InChI is InChI=1S/C26H19FN6O2S/c27-19-11-9-18(10-12-19)25-31-32-26(33(25)21-6-2-1-3-7-21)36-17-23(34)30-20-5-4-8-22(15-20)35-24-16-28-13-14-29-24/h1-16H,17H2,(H,30,34). The molecule has 2 heterocycles. The molecule has 0 aliphatic carbocycles. The van der Waals surface area contributed by atoms with Crippen molar-refractivity contribution in [3.05, 3.63) is 103 Å². The monoisotopic (exact) mass is 498 g/mol. The molecule has 0 radical (unpaired) electrons. The van der Waals surface area contributed by atoms with E-state index >= 15 is 0 Å². The van der Waals surface area contributed by atoms with Gasteiger partial charge < -0.3 is 10.1 Å². The molecule has 5 rings (SSSR count). The first kappa shape index (κ1) is 23.2. The van der Waals surface area contributed by atoms with E-state index in [0.29, 0.717) is 33.9 Å². The molecule has 8 nitrogen and oxygen atoms in total. The van der Waals surface area contributed by atoms with Crippen molar-refractivity contribution in [2.24, 2.45) is 0 Å². The smallest absolute Gasteiger partial charge is 0.237 e. The number of hydrogen-bond donors (Lipinski definition) is 1. The average Bonchev–Trinajstić information content (AvgIpc) is 3.33. The number of benzene rings is 3. The van der Waals surface area contributed by atoms with E-state index in [-0.39, 0.29) is 17.5 Å². The van der Waals surface area contributed by atoms with Gasteiger partial charge in [-0.3, -0.25) is 14.3 Å². The van der Waals surface area contributed by atoms with Crippen LogP contribution in [0.3, 0.4) is 0 Å². The quantitative estimate of drug-likeness (QED) is 0.287. The largest absolute Gasteiger partial charge is 0.437 e. The number of rotatable bonds is 8. The van der Waals surface area contributed by atoms with Crippen LogP contribution >= 0.6 is 11.8 Å². The Balaban J connectivity index is 1.31. The van der Waals surface area contributed by atoms with Crippen molar-refractivity contribution < 1.29 is 13.9 Å². The number of amides is 1. The van der Waals surface area contributed by atoms with Crippen LogP contribution in [0.4, 0.5) is 10.1 Å². The number of carbonyl (C=O) groups excluding carboxylic acids is 1. The fourth-order valence-corrected chi connectivity index (χ4v) is 4.13.